The van der Waals surface area contributed by atoms with Crippen molar-refractivity contribution in [2.45, 2.75) is 13.0 Å². The lowest BCUT2D eigenvalue weighted by molar-refractivity contribution is 0.00109. The first-order valence-electron chi connectivity index (χ1n) is 4.35. The molecule has 1 aromatic heterocycles. The lowest BCUT2D eigenvalue weighted by atomic mass is 10.2. The van der Waals surface area contributed by atoms with Crippen LogP contribution in [0.5, 0.6) is 0 Å². The quantitative estimate of drug-likeness (QED) is 0.630. The van der Waals surface area contributed by atoms with Crippen molar-refractivity contribution in [2.24, 2.45) is 0 Å². The van der Waals surface area contributed by atoms with Gasteiger partial charge in [-0.1, -0.05) is 5.16 Å². The van der Waals surface area contributed by atoms with Crippen LogP contribution in [0.4, 0.5) is 0 Å². The molecular formula is C8H13N3O2. The molecule has 1 aromatic rings. The molecule has 0 N–H and O–H groups in total. The van der Waals surface area contributed by atoms with Crippen LogP contribution in [-0.2, 0) is 4.74 Å². The van der Waals surface area contributed by atoms with E-state index in [4.69, 9.17) is 9.26 Å². The number of ether oxygens (including phenoxy) is 1. The van der Waals surface area contributed by atoms with Gasteiger partial charge in [-0.25, -0.2) is 0 Å². The zero-order valence-electron chi connectivity index (χ0n) is 7.86. The van der Waals surface area contributed by atoms with Crippen LogP contribution in [0, 0.1) is 6.92 Å². The van der Waals surface area contributed by atoms with Crippen LogP contribution < -0.4 is 0 Å². The van der Waals surface area contributed by atoms with E-state index in [1.165, 1.54) is 0 Å². The van der Waals surface area contributed by atoms with Gasteiger partial charge in [0.05, 0.1) is 19.3 Å². The first-order valence-corrected chi connectivity index (χ1v) is 4.35. The average molecular weight is 183 g/mol. The minimum Gasteiger partial charge on any atom is -0.378 e. The molecule has 0 aromatic carbocycles. The van der Waals surface area contributed by atoms with E-state index in [1.54, 1.807) is 6.92 Å². The maximum atomic E-state index is 5.35. The van der Waals surface area contributed by atoms with Crippen molar-refractivity contribution >= 4 is 0 Å². The molecule has 0 bridgehead atoms. The van der Waals surface area contributed by atoms with Crippen LogP contribution in [0.25, 0.3) is 0 Å². The van der Waals surface area contributed by atoms with Crippen molar-refractivity contribution in [1.29, 1.82) is 0 Å². The zero-order chi connectivity index (χ0) is 9.26. The third-order valence-electron chi connectivity index (χ3n) is 2.24. The fraction of sp³-hybridized carbons (Fsp3) is 0.750. The number of likely N-dealkylation sites (N-methyl/N-ethyl adjacent to an activating group) is 1. The zero-order valence-corrected chi connectivity index (χ0v) is 7.86. The van der Waals surface area contributed by atoms with Crippen molar-refractivity contribution in [3.05, 3.63) is 11.7 Å². The first-order chi connectivity index (χ1) is 6.27. The Morgan fingerprint density at radius 3 is 3.00 bits per heavy atom. The molecular weight excluding hydrogens is 170 g/mol. The number of rotatable bonds is 1. The second-order valence-corrected chi connectivity index (χ2v) is 3.24. The molecule has 13 heavy (non-hydrogen) atoms. The summed E-state index contributed by atoms with van der Waals surface area (Å²) in [6, 6.07) is 0.145. The lowest BCUT2D eigenvalue weighted by Crippen LogP contribution is -2.37. The first kappa shape index (κ1) is 8.65. The maximum absolute atomic E-state index is 5.35. The Kier molecular flexibility index (Phi) is 2.28. The van der Waals surface area contributed by atoms with Crippen LogP contribution in [0.15, 0.2) is 4.52 Å². The van der Waals surface area contributed by atoms with Gasteiger partial charge in [-0.15, -0.1) is 0 Å². The standard InChI is InChI=1S/C8H13N3O2/c1-6-9-8(10-13-6)7-5-12-4-3-11(7)2/h7H,3-5H2,1-2H3. The Bertz CT molecular complexity index is 287. The van der Waals surface area contributed by atoms with Crippen molar-refractivity contribution in [3.63, 3.8) is 0 Å². The Morgan fingerprint density at radius 1 is 1.54 bits per heavy atom. The Labute approximate surface area is 76.7 Å². The SMILES string of the molecule is Cc1nc(C2COCCN2C)no1. The molecule has 2 rings (SSSR count). The number of aryl methyl sites for hydroxylation is 1. The Morgan fingerprint density at radius 2 is 2.38 bits per heavy atom. The molecule has 0 radical (unpaired) electrons. The summed E-state index contributed by atoms with van der Waals surface area (Å²) in [5, 5.41) is 3.88. The molecule has 1 aliphatic heterocycles. The smallest absolute Gasteiger partial charge is 0.223 e. The fourth-order valence-electron chi connectivity index (χ4n) is 1.41. The third-order valence-corrected chi connectivity index (χ3v) is 2.24. The van der Waals surface area contributed by atoms with Crippen molar-refractivity contribution in [1.82, 2.24) is 15.0 Å². The minimum atomic E-state index is 0.145. The summed E-state index contributed by atoms with van der Waals surface area (Å²) in [7, 11) is 2.04. The maximum Gasteiger partial charge on any atom is 0.223 e. The Balaban J connectivity index is 2.14. The third kappa shape index (κ3) is 1.71. The molecule has 1 saturated heterocycles. The lowest BCUT2D eigenvalue weighted by Gasteiger charge is -2.29. The number of nitrogens with zero attached hydrogens (tertiary/aromatic N) is 3. The van der Waals surface area contributed by atoms with E-state index in [-0.39, 0.29) is 6.04 Å². The average Bonchev–Trinajstić information content (AvgIpc) is 2.53. The van der Waals surface area contributed by atoms with Crippen LogP contribution in [0.2, 0.25) is 0 Å². The predicted molar refractivity (Wildman–Crippen MR) is 45.2 cm³/mol. The van der Waals surface area contributed by atoms with Crippen LogP contribution in [-0.4, -0.2) is 41.8 Å². The molecule has 0 amide bonds. The van der Waals surface area contributed by atoms with Crippen LogP contribution in [0.3, 0.4) is 0 Å². The van der Waals surface area contributed by atoms with Crippen LogP contribution >= 0.6 is 0 Å². The van der Waals surface area contributed by atoms with Gasteiger partial charge in [0, 0.05) is 13.5 Å². The predicted octanol–water partition coefficient (Wildman–Crippen LogP) is 0.381. The molecule has 1 unspecified atom stereocenters. The number of hydrogen-bond donors (Lipinski definition) is 0. The van der Waals surface area contributed by atoms with E-state index < -0.39 is 0 Å². The number of morpholine rings is 1. The molecule has 1 aliphatic rings. The topological polar surface area (TPSA) is 51.4 Å². The van der Waals surface area contributed by atoms with Crippen molar-refractivity contribution in [2.75, 3.05) is 26.8 Å². The molecule has 1 fully saturated rings. The molecule has 2 heterocycles. The molecule has 72 valence electrons. The summed E-state index contributed by atoms with van der Waals surface area (Å²) in [4.78, 5) is 6.36. The minimum absolute atomic E-state index is 0.145. The van der Waals surface area contributed by atoms with E-state index in [0.717, 1.165) is 19.0 Å². The highest BCUT2D eigenvalue weighted by Gasteiger charge is 2.25. The van der Waals surface area contributed by atoms with E-state index in [1.807, 2.05) is 7.05 Å². The molecule has 0 spiro atoms. The van der Waals surface area contributed by atoms with Crippen molar-refractivity contribution in [3.8, 4) is 0 Å². The highest BCUT2D eigenvalue weighted by Crippen LogP contribution is 2.19. The van der Waals surface area contributed by atoms with Gasteiger partial charge in [-0.2, -0.15) is 4.98 Å². The van der Waals surface area contributed by atoms with Crippen LogP contribution in [0.1, 0.15) is 17.8 Å². The van der Waals surface area contributed by atoms with E-state index in [0.29, 0.717) is 12.5 Å². The monoisotopic (exact) mass is 183 g/mol. The van der Waals surface area contributed by atoms with Gasteiger partial charge < -0.3 is 9.26 Å². The highest BCUT2D eigenvalue weighted by atomic mass is 16.5. The molecule has 0 saturated carbocycles. The summed E-state index contributed by atoms with van der Waals surface area (Å²) in [6.45, 7) is 4.14. The molecule has 1 atom stereocenters. The van der Waals surface area contributed by atoms with Gasteiger partial charge in [0.15, 0.2) is 5.82 Å². The van der Waals surface area contributed by atoms with Gasteiger partial charge in [0.2, 0.25) is 5.89 Å². The largest absolute Gasteiger partial charge is 0.378 e. The summed E-state index contributed by atoms with van der Waals surface area (Å²) in [5.74, 6) is 1.33. The van der Waals surface area contributed by atoms with E-state index >= 15 is 0 Å². The van der Waals surface area contributed by atoms with Gasteiger partial charge in [0.25, 0.3) is 0 Å². The molecule has 0 aliphatic carbocycles. The normalized spacial score (nSPS) is 24.9. The number of hydrogen-bond acceptors (Lipinski definition) is 5. The van der Waals surface area contributed by atoms with E-state index in [9.17, 15) is 0 Å². The number of aromatic nitrogens is 2. The van der Waals surface area contributed by atoms with Gasteiger partial charge in [0.1, 0.15) is 0 Å². The summed E-state index contributed by atoms with van der Waals surface area (Å²) >= 11 is 0. The van der Waals surface area contributed by atoms with Gasteiger partial charge >= 0.3 is 0 Å². The van der Waals surface area contributed by atoms with Crippen molar-refractivity contribution < 1.29 is 9.26 Å². The molecule has 5 heteroatoms. The fourth-order valence-corrected chi connectivity index (χ4v) is 1.41. The van der Waals surface area contributed by atoms with Gasteiger partial charge in [-0.3, -0.25) is 4.90 Å². The second-order valence-electron chi connectivity index (χ2n) is 3.24. The molecule has 5 nitrogen and oxygen atoms in total. The highest BCUT2D eigenvalue weighted by molar-refractivity contribution is 4.94. The second kappa shape index (κ2) is 3.43. The summed E-state index contributed by atoms with van der Waals surface area (Å²) in [5.41, 5.74) is 0. The summed E-state index contributed by atoms with van der Waals surface area (Å²) in [6.07, 6.45) is 0. The Hall–Kier alpha value is -0.940. The van der Waals surface area contributed by atoms with Gasteiger partial charge in [-0.05, 0) is 7.05 Å². The summed E-state index contributed by atoms with van der Waals surface area (Å²) < 4.78 is 10.3. The van der Waals surface area contributed by atoms with E-state index in [2.05, 4.69) is 15.0 Å².